The molecule has 1 aromatic carbocycles. The lowest BCUT2D eigenvalue weighted by molar-refractivity contribution is 0.414. The van der Waals surface area contributed by atoms with Crippen LogP contribution >= 0.6 is 0 Å². The number of sulfonamides is 1. The van der Waals surface area contributed by atoms with Gasteiger partial charge in [0.1, 0.15) is 16.5 Å². The largest absolute Gasteiger partial charge is 0.497 e. The fourth-order valence-electron chi connectivity index (χ4n) is 3.01. The van der Waals surface area contributed by atoms with Crippen LogP contribution in [0.4, 0.5) is 5.82 Å². The molecule has 1 aliphatic heterocycles. The molecule has 6 nitrogen and oxygen atoms in total. The lowest BCUT2D eigenvalue weighted by Gasteiger charge is -2.27. The molecule has 2 heterocycles. The Morgan fingerprint density at radius 2 is 2.00 bits per heavy atom. The molecule has 0 bridgehead atoms. The molecule has 1 aliphatic rings. The van der Waals surface area contributed by atoms with Crippen molar-refractivity contribution in [1.82, 2.24) is 4.98 Å². The molecule has 1 fully saturated rings. The number of aromatic nitrogens is 1. The van der Waals surface area contributed by atoms with Crippen molar-refractivity contribution in [3.8, 4) is 5.75 Å². The van der Waals surface area contributed by atoms with Crippen molar-refractivity contribution >= 4 is 15.8 Å². The van der Waals surface area contributed by atoms with Crippen LogP contribution in [0, 0.1) is 0 Å². The maximum atomic E-state index is 11.8. The van der Waals surface area contributed by atoms with E-state index in [0.29, 0.717) is 5.82 Å². The summed E-state index contributed by atoms with van der Waals surface area (Å²) in [5.41, 5.74) is 1.11. The Bertz CT molecular complexity index is 790. The molecule has 1 atom stereocenters. The number of nitrogens with two attached hydrogens (primary N) is 1. The van der Waals surface area contributed by atoms with E-state index in [1.807, 2.05) is 29.2 Å². The Labute approximate surface area is 136 Å². The van der Waals surface area contributed by atoms with Gasteiger partial charge >= 0.3 is 0 Å². The van der Waals surface area contributed by atoms with E-state index in [1.165, 1.54) is 6.07 Å². The number of hydrogen-bond acceptors (Lipinski definition) is 5. The lowest BCUT2D eigenvalue weighted by atomic mass is 10.0. The van der Waals surface area contributed by atoms with Crippen LogP contribution in [-0.2, 0) is 10.0 Å². The Morgan fingerprint density at radius 3 is 2.65 bits per heavy atom. The molecule has 2 N–H and O–H groups in total. The summed E-state index contributed by atoms with van der Waals surface area (Å²) in [6.45, 7) is 0.746. The normalized spacial score (nSPS) is 18.2. The molecule has 23 heavy (non-hydrogen) atoms. The van der Waals surface area contributed by atoms with Crippen molar-refractivity contribution in [2.75, 3.05) is 18.6 Å². The van der Waals surface area contributed by atoms with Crippen molar-refractivity contribution in [2.45, 2.75) is 23.8 Å². The third-order valence-corrected chi connectivity index (χ3v) is 5.01. The highest BCUT2D eigenvalue weighted by atomic mass is 32.2. The average Bonchev–Trinajstić information content (AvgIpc) is 3.03. The molecule has 3 rings (SSSR count). The predicted molar refractivity (Wildman–Crippen MR) is 87.9 cm³/mol. The Morgan fingerprint density at radius 1 is 1.26 bits per heavy atom. The zero-order chi connectivity index (χ0) is 16.4. The highest BCUT2D eigenvalue weighted by molar-refractivity contribution is 7.89. The van der Waals surface area contributed by atoms with Crippen molar-refractivity contribution in [2.24, 2.45) is 5.14 Å². The molecule has 1 saturated heterocycles. The van der Waals surface area contributed by atoms with Gasteiger partial charge < -0.3 is 9.64 Å². The van der Waals surface area contributed by atoms with Crippen molar-refractivity contribution in [3.63, 3.8) is 0 Å². The highest BCUT2D eigenvalue weighted by Gasteiger charge is 2.30. The van der Waals surface area contributed by atoms with Gasteiger partial charge in [0.15, 0.2) is 0 Å². The van der Waals surface area contributed by atoms with Gasteiger partial charge in [-0.1, -0.05) is 12.1 Å². The lowest BCUT2D eigenvalue weighted by Crippen LogP contribution is -2.27. The second kappa shape index (κ2) is 6.17. The number of nitrogens with zero attached hydrogens (tertiary/aromatic N) is 2. The maximum absolute atomic E-state index is 11.8. The van der Waals surface area contributed by atoms with Crippen LogP contribution in [0.3, 0.4) is 0 Å². The quantitative estimate of drug-likeness (QED) is 0.926. The molecule has 0 aliphatic carbocycles. The molecule has 0 saturated carbocycles. The van der Waals surface area contributed by atoms with E-state index in [0.717, 1.165) is 30.7 Å². The first-order valence-electron chi connectivity index (χ1n) is 7.39. The minimum absolute atomic E-state index is 0.0698. The molecule has 0 amide bonds. The summed E-state index contributed by atoms with van der Waals surface area (Å²) in [6, 6.07) is 11.0. The number of methoxy groups -OCH3 is 1. The van der Waals surface area contributed by atoms with Gasteiger partial charge in [-0.15, -0.1) is 0 Å². The number of hydrogen-bond donors (Lipinski definition) is 1. The standard InChI is InChI=1S/C16H19N3O3S/c1-22-13-8-6-12(7-9-13)14-4-3-11-19(14)16-15(23(17,20)21)5-2-10-18-16/h2,5-10,14H,3-4,11H2,1H3,(H2,17,20,21). The van der Waals surface area contributed by atoms with E-state index < -0.39 is 10.0 Å². The van der Waals surface area contributed by atoms with Gasteiger partial charge in [0.2, 0.25) is 10.0 Å². The van der Waals surface area contributed by atoms with E-state index in [9.17, 15) is 8.42 Å². The summed E-state index contributed by atoms with van der Waals surface area (Å²) in [6.07, 6.45) is 3.50. The molecule has 0 radical (unpaired) electrons. The van der Waals surface area contributed by atoms with E-state index >= 15 is 0 Å². The van der Waals surface area contributed by atoms with Crippen molar-refractivity contribution < 1.29 is 13.2 Å². The summed E-state index contributed by atoms with van der Waals surface area (Å²) in [5.74, 6) is 1.22. The summed E-state index contributed by atoms with van der Waals surface area (Å²) in [5, 5.41) is 5.34. The Hall–Kier alpha value is -2.12. The summed E-state index contributed by atoms with van der Waals surface area (Å²) < 4.78 is 28.8. The topological polar surface area (TPSA) is 85.5 Å². The van der Waals surface area contributed by atoms with Crippen LogP contribution in [0.5, 0.6) is 5.75 Å². The van der Waals surface area contributed by atoms with Gasteiger partial charge in [-0.25, -0.2) is 18.5 Å². The SMILES string of the molecule is COc1ccc(C2CCCN2c2ncccc2S(N)(=O)=O)cc1. The number of anilines is 1. The van der Waals surface area contributed by atoms with Gasteiger partial charge in [0.05, 0.1) is 13.2 Å². The van der Waals surface area contributed by atoms with Gasteiger partial charge in [-0.2, -0.15) is 0 Å². The third-order valence-electron chi connectivity index (χ3n) is 4.08. The molecular weight excluding hydrogens is 314 g/mol. The van der Waals surface area contributed by atoms with Gasteiger partial charge in [-0.3, -0.25) is 0 Å². The molecule has 2 aromatic rings. The first kappa shape index (κ1) is 15.8. The van der Waals surface area contributed by atoms with Crippen LogP contribution in [0.25, 0.3) is 0 Å². The monoisotopic (exact) mass is 333 g/mol. The zero-order valence-corrected chi connectivity index (χ0v) is 13.7. The van der Waals surface area contributed by atoms with Crippen molar-refractivity contribution in [1.29, 1.82) is 0 Å². The number of pyridine rings is 1. The summed E-state index contributed by atoms with van der Waals surface area (Å²) in [4.78, 5) is 6.36. The minimum Gasteiger partial charge on any atom is -0.497 e. The molecular formula is C16H19N3O3S. The van der Waals surface area contributed by atoms with Crippen LogP contribution in [0.2, 0.25) is 0 Å². The van der Waals surface area contributed by atoms with E-state index in [1.54, 1.807) is 19.4 Å². The number of primary sulfonamides is 1. The minimum atomic E-state index is -3.81. The predicted octanol–water partition coefficient (Wildman–Crippen LogP) is 2.08. The fourth-order valence-corrected chi connectivity index (χ4v) is 3.71. The van der Waals surface area contributed by atoms with Crippen LogP contribution in [0.15, 0.2) is 47.5 Å². The molecule has 0 spiro atoms. The zero-order valence-electron chi connectivity index (χ0n) is 12.8. The van der Waals surface area contributed by atoms with Crippen LogP contribution in [-0.4, -0.2) is 27.1 Å². The van der Waals surface area contributed by atoms with E-state index in [2.05, 4.69) is 4.98 Å². The Balaban J connectivity index is 1.99. The van der Waals surface area contributed by atoms with E-state index in [4.69, 9.17) is 9.88 Å². The maximum Gasteiger partial charge on any atom is 0.241 e. The number of ether oxygens (including phenoxy) is 1. The van der Waals surface area contributed by atoms with Crippen LogP contribution < -0.4 is 14.8 Å². The second-order valence-electron chi connectivity index (χ2n) is 5.49. The first-order chi connectivity index (χ1) is 11.0. The molecule has 122 valence electrons. The van der Waals surface area contributed by atoms with E-state index in [-0.39, 0.29) is 10.9 Å². The summed E-state index contributed by atoms with van der Waals surface area (Å²) >= 11 is 0. The first-order valence-corrected chi connectivity index (χ1v) is 8.94. The van der Waals surface area contributed by atoms with Gasteiger partial charge in [0, 0.05) is 12.7 Å². The van der Waals surface area contributed by atoms with Gasteiger partial charge in [-0.05, 0) is 42.7 Å². The average molecular weight is 333 g/mol. The third kappa shape index (κ3) is 3.16. The smallest absolute Gasteiger partial charge is 0.241 e. The Kier molecular flexibility index (Phi) is 4.23. The fraction of sp³-hybridized carbons (Fsp3) is 0.312. The second-order valence-corrected chi connectivity index (χ2v) is 7.02. The number of benzene rings is 1. The van der Waals surface area contributed by atoms with Crippen molar-refractivity contribution in [3.05, 3.63) is 48.2 Å². The van der Waals surface area contributed by atoms with Gasteiger partial charge in [0.25, 0.3) is 0 Å². The molecule has 7 heteroatoms. The molecule has 1 aromatic heterocycles. The van der Waals surface area contributed by atoms with Crippen LogP contribution in [0.1, 0.15) is 24.4 Å². The number of rotatable bonds is 4. The highest BCUT2D eigenvalue weighted by Crippen LogP contribution is 2.37. The summed E-state index contributed by atoms with van der Waals surface area (Å²) in [7, 11) is -2.18. The molecule has 1 unspecified atom stereocenters.